The highest BCUT2D eigenvalue weighted by Gasteiger charge is 2.11. The molecule has 1 atom stereocenters. The average Bonchev–Trinajstić information content (AvgIpc) is 2.49. The summed E-state index contributed by atoms with van der Waals surface area (Å²) >= 11 is 0. The van der Waals surface area contributed by atoms with Crippen molar-refractivity contribution in [3.63, 3.8) is 0 Å². The lowest BCUT2D eigenvalue weighted by Crippen LogP contribution is -2.14. The smallest absolute Gasteiger partial charge is 0.133 e. The van der Waals surface area contributed by atoms with Gasteiger partial charge in [-0.05, 0) is 24.0 Å². The standard InChI is InChI=1S/C17H23N3/c1-4-13(11-18)17-19-10-9-16(20-17)15-7-5-14(6-8-15)12(2)3/h5-10,12-13H,4,11,18H2,1-3H3. The Balaban J connectivity index is 2.30. The van der Waals surface area contributed by atoms with Crippen LogP contribution in [0.4, 0.5) is 0 Å². The van der Waals surface area contributed by atoms with Crippen LogP contribution in [0.15, 0.2) is 36.5 Å². The fourth-order valence-electron chi connectivity index (χ4n) is 2.22. The van der Waals surface area contributed by atoms with Crippen molar-refractivity contribution in [2.45, 2.75) is 39.0 Å². The van der Waals surface area contributed by atoms with Crippen LogP contribution in [-0.4, -0.2) is 16.5 Å². The van der Waals surface area contributed by atoms with Crippen molar-refractivity contribution in [1.82, 2.24) is 9.97 Å². The number of benzene rings is 1. The van der Waals surface area contributed by atoms with Gasteiger partial charge in [0.2, 0.25) is 0 Å². The second-order valence-corrected chi connectivity index (χ2v) is 5.42. The van der Waals surface area contributed by atoms with Gasteiger partial charge < -0.3 is 5.73 Å². The molecular formula is C17H23N3. The Morgan fingerprint density at radius 1 is 1.10 bits per heavy atom. The second-order valence-electron chi connectivity index (χ2n) is 5.42. The molecular weight excluding hydrogens is 246 g/mol. The molecule has 2 N–H and O–H groups in total. The Bertz CT molecular complexity index is 542. The minimum absolute atomic E-state index is 0.241. The van der Waals surface area contributed by atoms with Gasteiger partial charge in [0.05, 0.1) is 5.69 Å². The van der Waals surface area contributed by atoms with Crippen LogP contribution in [0.2, 0.25) is 0 Å². The molecule has 0 radical (unpaired) electrons. The Labute approximate surface area is 121 Å². The maximum Gasteiger partial charge on any atom is 0.133 e. The van der Waals surface area contributed by atoms with E-state index in [4.69, 9.17) is 5.73 Å². The second kappa shape index (κ2) is 6.62. The average molecular weight is 269 g/mol. The van der Waals surface area contributed by atoms with Gasteiger partial charge in [0.25, 0.3) is 0 Å². The molecule has 1 aromatic carbocycles. The first-order chi connectivity index (χ1) is 9.65. The number of rotatable bonds is 5. The third-order valence-corrected chi connectivity index (χ3v) is 3.69. The lowest BCUT2D eigenvalue weighted by atomic mass is 10.0. The molecule has 0 spiro atoms. The zero-order valence-electron chi connectivity index (χ0n) is 12.5. The van der Waals surface area contributed by atoms with E-state index in [0.29, 0.717) is 12.5 Å². The van der Waals surface area contributed by atoms with Crippen LogP contribution in [0.5, 0.6) is 0 Å². The van der Waals surface area contributed by atoms with Crippen LogP contribution in [0.25, 0.3) is 11.3 Å². The van der Waals surface area contributed by atoms with E-state index >= 15 is 0 Å². The lowest BCUT2D eigenvalue weighted by molar-refractivity contribution is 0.631. The summed E-state index contributed by atoms with van der Waals surface area (Å²) in [6.45, 7) is 7.10. The molecule has 2 aromatic rings. The summed E-state index contributed by atoms with van der Waals surface area (Å²) in [5.74, 6) is 1.64. The van der Waals surface area contributed by atoms with Gasteiger partial charge in [0.15, 0.2) is 0 Å². The maximum absolute atomic E-state index is 5.78. The Morgan fingerprint density at radius 2 is 1.80 bits per heavy atom. The highest BCUT2D eigenvalue weighted by molar-refractivity contribution is 5.59. The van der Waals surface area contributed by atoms with Gasteiger partial charge in [-0.15, -0.1) is 0 Å². The van der Waals surface area contributed by atoms with E-state index in [2.05, 4.69) is 55.0 Å². The summed E-state index contributed by atoms with van der Waals surface area (Å²) in [6.07, 6.45) is 2.79. The number of nitrogens with two attached hydrogens (primary N) is 1. The van der Waals surface area contributed by atoms with E-state index in [1.54, 1.807) is 0 Å². The third-order valence-electron chi connectivity index (χ3n) is 3.69. The summed E-state index contributed by atoms with van der Waals surface area (Å²) in [4.78, 5) is 9.03. The van der Waals surface area contributed by atoms with Crippen LogP contribution in [-0.2, 0) is 0 Å². The molecule has 1 aromatic heterocycles. The van der Waals surface area contributed by atoms with Gasteiger partial charge in [-0.1, -0.05) is 45.0 Å². The molecule has 0 aliphatic carbocycles. The van der Waals surface area contributed by atoms with Crippen LogP contribution < -0.4 is 5.73 Å². The first kappa shape index (κ1) is 14.7. The van der Waals surface area contributed by atoms with E-state index in [1.807, 2.05) is 12.3 Å². The maximum atomic E-state index is 5.78. The van der Waals surface area contributed by atoms with Gasteiger partial charge in [-0.25, -0.2) is 9.97 Å². The van der Waals surface area contributed by atoms with E-state index in [1.165, 1.54) is 5.56 Å². The molecule has 0 aliphatic heterocycles. The minimum Gasteiger partial charge on any atom is -0.330 e. The molecule has 2 rings (SSSR count). The molecule has 0 aliphatic rings. The first-order valence-electron chi connectivity index (χ1n) is 7.29. The fourth-order valence-corrected chi connectivity index (χ4v) is 2.22. The number of nitrogens with zero attached hydrogens (tertiary/aromatic N) is 2. The molecule has 0 fully saturated rings. The molecule has 0 bridgehead atoms. The summed E-state index contributed by atoms with van der Waals surface area (Å²) in [6, 6.07) is 10.6. The SMILES string of the molecule is CCC(CN)c1nccc(-c2ccc(C(C)C)cc2)n1. The quantitative estimate of drug-likeness (QED) is 0.900. The molecule has 106 valence electrons. The molecule has 3 heteroatoms. The molecule has 20 heavy (non-hydrogen) atoms. The van der Waals surface area contributed by atoms with Crippen LogP contribution >= 0.6 is 0 Å². The molecule has 0 amide bonds. The van der Waals surface area contributed by atoms with Crippen molar-refractivity contribution < 1.29 is 0 Å². The Kier molecular flexibility index (Phi) is 4.85. The van der Waals surface area contributed by atoms with Gasteiger partial charge in [0.1, 0.15) is 5.82 Å². The third kappa shape index (κ3) is 3.23. The largest absolute Gasteiger partial charge is 0.330 e. The first-order valence-corrected chi connectivity index (χ1v) is 7.29. The lowest BCUT2D eigenvalue weighted by Gasteiger charge is -2.12. The minimum atomic E-state index is 0.241. The van der Waals surface area contributed by atoms with Crippen LogP contribution in [0.3, 0.4) is 0 Å². The molecule has 1 unspecified atom stereocenters. The summed E-state index contributed by atoms with van der Waals surface area (Å²) < 4.78 is 0. The number of hydrogen-bond acceptors (Lipinski definition) is 3. The van der Waals surface area contributed by atoms with Gasteiger partial charge in [-0.3, -0.25) is 0 Å². The monoisotopic (exact) mass is 269 g/mol. The van der Waals surface area contributed by atoms with E-state index in [9.17, 15) is 0 Å². The van der Waals surface area contributed by atoms with E-state index < -0.39 is 0 Å². The van der Waals surface area contributed by atoms with Gasteiger partial charge in [-0.2, -0.15) is 0 Å². The zero-order chi connectivity index (χ0) is 14.5. The highest BCUT2D eigenvalue weighted by Crippen LogP contribution is 2.22. The zero-order valence-corrected chi connectivity index (χ0v) is 12.5. The Hall–Kier alpha value is -1.74. The summed E-state index contributed by atoms with van der Waals surface area (Å²) in [7, 11) is 0. The van der Waals surface area contributed by atoms with Crippen molar-refractivity contribution in [3.8, 4) is 11.3 Å². The van der Waals surface area contributed by atoms with Crippen LogP contribution in [0.1, 0.15) is 50.4 Å². The molecule has 0 saturated heterocycles. The van der Waals surface area contributed by atoms with Gasteiger partial charge in [0, 0.05) is 24.2 Å². The molecule has 3 nitrogen and oxygen atoms in total. The predicted molar refractivity (Wildman–Crippen MR) is 83.6 cm³/mol. The van der Waals surface area contributed by atoms with Crippen LogP contribution in [0, 0.1) is 0 Å². The van der Waals surface area contributed by atoms with Crippen molar-refractivity contribution in [3.05, 3.63) is 47.9 Å². The molecule has 0 saturated carbocycles. The number of aromatic nitrogens is 2. The Morgan fingerprint density at radius 3 is 2.35 bits per heavy atom. The normalized spacial score (nSPS) is 12.7. The topological polar surface area (TPSA) is 51.8 Å². The summed E-state index contributed by atoms with van der Waals surface area (Å²) in [5, 5.41) is 0. The van der Waals surface area contributed by atoms with Crippen molar-refractivity contribution in [2.75, 3.05) is 6.54 Å². The van der Waals surface area contributed by atoms with E-state index in [0.717, 1.165) is 23.5 Å². The highest BCUT2D eigenvalue weighted by atomic mass is 14.9. The van der Waals surface area contributed by atoms with Crippen molar-refractivity contribution >= 4 is 0 Å². The van der Waals surface area contributed by atoms with E-state index in [-0.39, 0.29) is 5.92 Å². The molecule has 1 heterocycles. The van der Waals surface area contributed by atoms with Crippen molar-refractivity contribution in [1.29, 1.82) is 0 Å². The predicted octanol–water partition coefficient (Wildman–Crippen LogP) is 3.72. The van der Waals surface area contributed by atoms with Gasteiger partial charge >= 0.3 is 0 Å². The fraction of sp³-hybridized carbons (Fsp3) is 0.412. The summed E-state index contributed by atoms with van der Waals surface area (Å²) in [5.41, 5.74) is 9.22. The number of hydrogen-bond donors (Lipinski definition) is 1. The van der Waals surface area contributed by atoms with Crippen molar-refractivity contribution in [2.24, 2.45) is 5.73 Å².